The summed E-state index contributed by atoms with van der Waals surface area (Å²) < 4.78 is 2.65. The molecule has 2 heterocycles. The van der Waals surface area contributed by atoms with Crippen LogP contribution in [0, 0.1) is 0 Å². The fraction of sp³-hybridized carbons (Fsp3) is 0.0484. The lowest BCUT2D eigenvalue weighted by Gasteiger charge is -2.18. The summed E-state index contributed by atoms with van der Waals surface area (Å²) in [6, 6.07) is 78.0. The Hall–Kier alpha value is -7.65. The molecule has 0 amide bonds. The zero-order chi connectivity index (χ0) is 42.6. The third-order valence-electron chi connectivity index (χ3n) is 13.2. The number of fused-ring (bicyclic) bond motifs is 9. The summed E-state index contributed by atoms with van der Waals surface area (Å²) in [5.74, 6) is 0. The molecule has 0 atom stereocenters. The van der Waals surface area contributed by atoms with E-state index in [4.69, 9.17) is 4.99 Å². The van der Waals surface area contributed by atoms with E-state index in [9.17, 15) is 0 Å². The van der Waals surface area contributed by atoms with Crippen molar-refractivity contribution in [1.82, 2.24) is 0 Å². The molecule has 12 rings (SSSR count). The smallest absolute Gasteiger partial charge is 0.0712 e. The molecule has 2 heteroatoms. The topological polar surface area (TPSA) is 12.4 Å². The highest BCUT2D eigenvalue weighted by molar-refractivity contribution is 7.25. The van der Waals surface area contributed by atoms with Gasteiger partial charge in [0.2, 0.25) is 0 Å². The predicted molar refractivity (Wildman–Crippen MR) is 277 cm³/mol. The lowest BCUT2D eigenvalue weighted by molar-refractivity contribution is 0.988. The van der Waals surface area contributed by atoms with E-state index in [2.05, 4.69) is 225 Å². The van der Waals surface area contributed by atoms with Crippen molar-refractivity contribution in [1.29, 1.82) is 0 Å². The van der Waals surface area contributed by atoms with Crippen molar-refractivity contribution in [2.45, 2.75) is 19.8 Å². The predicted octanol–water partition coefficient (Wildman–Crippen LogP) is 17.6. The van der Waals surface area contributed by atoms with Gasteiger partial charge in [0.25, 0.3) is 0 Å². The number of nitrogens with zero attached hydrogens (tertiary/aromatic N) is 1. The van der Waals surface area contributed by atoms with Gasteiger partial charge in [-0.1, -0.05) is 182 Å². The molecule has 0 N–H and O–H groups in total. The maximum absolute atomic E-state index is 5.55. The van der Waals surface area contributed by atoms with Crippen molar-refractivity contribution in [3.05, 3.63) is 241 Å². The van der Waals surface area contributed by atoms with Crippen LogP contribution in [-0.2, 0) is 0 Å². The first-order chi connectivity index (χ1) is 31.6. The Labute approximate surface area is 377 Å². The van der Waals surface area contributed by atoms with Crippen LogP contribution < -0.4 is 0 Å². The monoisotopic (exact) mass is 833 g/mol. The molecule has 0 saturated heterocycles. The van der Waals surface area contributed by atoms with Crippen LogP contribution in [0.1, 0.15) is 36.5 Å². The van der Waals surface area contributed by atoms with Crippen LogP contribution >= 0.6 is 11.3 Å². The molecule has 0 radical (unpaired) electrons. The van der Waals surface area contributed by atoms with Gasteiger partial charge >= 0.3 is 0 Å². The molecule has 1 aliphatic rings. The molecule has 0 aliphatic carbocycles. The molecular formula is C62H43NS. The Morgan fingerprint density at radius 3 is 1.72 bits per heavy atom. The van der Waals surface area contributed by atoms with E-state index in [1.54, 1.807) is 0 Å². The van der Waals surface area contributed by atoms with Gasteiger partial charge in [-0.05, 0) is 139 Å². The number of benzene rings is 10. The van der Waals surface area contributed by atoms with E-state index in [1.807, 2.05) is 11.3 Å². The van der Waals surface area contributed by atoms with Crippen LogP contribution in [0.15, 0.2) is 229 Å². The first-order valence-electron chi connectivity index (χ1n) is 22.2. The van der Waals surface area contributed by atoms with E-state index in [0.29, 0.717) is 0 Å². The number of hydrogen-bond acceptors (Lipinski definition) is 2. The van der Waals surface area contributed by atoms with Gasteiger partial charge in [-0.25, -0.2) is 4.99 Å². The molecule has 1 aromatic heterocycles. The van der Waals surface area contributed by atoms with Crippen LogP contribution in [0.4, 0.5) is 0 Å². The minimum Gasteiger partial charge on any atom is -0.248 e. The van der Waals surface area contributed by atoms with Gasteiger partial charge in [-0.2, -0.15) is 0 Å². The van der Waals surface area contributed by atoms with E-state index in [-0.39, 0.29) is 0 Å². The van der Waals surface area contributed by atoms with Gasteiger partial charge in [-0.15, -0.1) is 11.3 Å². The highest BCUT2D eigenvalue weighted by Gasteiger charge is 2.18. The molecule has 1 aliphatic heterocycles. The van der Waals surface area contributed by atoms with Crippen molar-refractivity contribution < 1.29 is 0 Å². The number of aliphatic imine (C=N–C) groups is 1. The van der Waals surface area contributed by atoms with Gasteiger partial charge in [0.1, 0.15) is 0 Å². The Morgan fingerprint density at radius 1 is 0.359 bits per heavy atom. The number of rotatable bonds is 6. The third kappa shape index (κ3) is 6.75. The molecule has 0 fully saturated rings. The van der Waals surface area contributed by atoms with Gasteiger partial charge in [0, 0.05) is 31.3 Å². The summed E-state index contributed by atoms with van der Waals surface area (Å²) in [4.78, 5) is 5.55. The fourth-order valence-electron chi connectivity index (χ4n) is 9.89. The molecule has 0 spiro atoms. The molecule has 0 bridgehead atoms. The molecule has 0 saturated carbocycles. The molecule has 1 nitrogen and oxygen atoms in total. The Balaban J connectivity index is 0.999. The van der Waals surface area contributed by atoms with E-state index < -0.39 is 0 Å². The third-order valence-corrected chi connectivity index (χ3v) is 14.3. The summed E-state index contributed by atoms with van der Waals surface area (Å²) in [6.07, 6.45) is 4.20. The highest BCUT2D eigenvalue weighted by atomic mass is 32.1. The van der Waals surface area contributed by atoms with Crippen LogP contribution in [-0.4, -0.2) is 5.71 Å². The van der Waals surface area contributed by atoms with Gasteiger partial charge in [0.15, 0.2) is 0 Å². The first kappa shape index (κ1) is 38.1. The molecule has 302 valence electrons. The lowest BCUT2D eigenvalue weighted by atomic mass is 9.87. The zero-order valence-electron chi connectivity index (χ0n) is 35.6. The van der Waals surface area contributed by atoms with Crippen molar-refractivity contribution in [2.24, 2.45) is 4.99 Å². The van der Waals surface area contributed by atoms with E-state index in [0.717, 1.165) is 35.4 Å². The Morgan fingerprint density at radius 2 is 0.906 bits per heavy atom. The van der Waals surface area contributed by atoms with Gasteiger partial charge < -0.3 is 0 Å². The first-order valence-corrected chi connectivity index (χ1v) is 23.0. The average Bonchev–Trinajstić information content (AvgIpc) is 3.74. The summed E-state index contributed by atoms with van der Waals surface area (Å²) in [7, 11) is 0. The minimum atomic E-state index is 0.928. The minimum absolute atomic E-state index is 0.928. The largest absolute Gasteiger partial charge is 0.248 e. The summed E-state index contributed by atoms with van der Waals surface area (Å²) >= 11 is 1.87. The van der Waals surface area contributed by atoms with Crippen molar-refractivity contribution in [3.63, 3.8) is 0 Å². The highest BCUT2D eigenvalue weighted by Crippen LogP contribution is 2.44. The molecule has 10 aromatic carbocycles. The second kappa shape index (κ2) is 15.9. The van der Waals surface area contributed by atoms with Crippen LogP contribution in [0.2, 0.25) is 0 Å². The van der Waals surface area contributed by atoms with Crippen molar-refractivity contribution in [2.75, 3.05) is 0 Å². The molecule has 0 unspecified atom stereocenters. The summed E-state index contributed by atoms with van der Waals surface area (Å²) in [5.41, 5.74) is 15.4. The normalized spacial score (nSPS) is 16.1. The standard InChI is InChI=1S/C62H43NS/c1-40-26-27-47(43-30-28-42(29-31-43)41-14-4-2-5-15-41)39-58(63-62(40)44-16-6-3-7-17-44)49-19-12-18-45(36-49)46-32-34-55-56(37-46)52-21-9-8-20-51(52)54-24-13-23-50(61(54)55)48-33-35-60-57(38-48)53-22-10-11-25-59(53)64-60/h2-25,28-39H,26-27H2,1H3/b47-39+,62-40-,63-58-. The molecule has 64 heavy (non-hydrogen) atoms. The fourth-order valence-corrected chi connectivity index (χ4v) is 11.0. The summed E-state index contributed by atoms with van der Waals surface area (Å²) in [6.45, 7) is 2.25. The lowest BCUT2D eigenvalue weighted by Crippen LogP contribution is -2.04. The SMILES string of the molecule is C/C1=C(c2ccccc2)/N=C(c2cccc(-c3ccc4c(c3)c3ccccc3c3cccc(-c5ccc6sc7ccccc7c6c5)c34)c2)/C=C(/c2ccc(-c3ccccc3)cc2)CC1. The van der Waals surface area contributed by atoms with Gasteiger partial charge in [-0.3, -0.25) is 0 Å². The van der Waals surface area contributed by atoms with Crippen molar-refractivity contribution in [3.8, 4) is 33.4 Å². The van der Waals surface area contributed by atoms with Crippen molar-refractivity contribution >= 4 is 80.8 Å². The maximum atomic E-state index is 5.55. The number of thiophene rings is 1. The number of hydrogen-bond donors (Lipinski definition) is 0. The van der Waals surface area contributed by atoms with Gasteiger partial charge in [0.05, 0.1) is 11.4 Å². The van der Waals surface area contributed by atoms with Crippen LogP contribution in [0.5, 0.6) is 0 Å². The Kier molecular flexibility index (Phi) is 9.47. The zero-order valence-corrected chi connectivity index (χ0v) is 36.4. The second-order valence-electron chi connectivity index (χ2n) is 17.0. The van der Waals surface area contributed by atoms with E-state index in [1.165, 1.54) is 103 Å². The maximum Gasteiger partial charge on any atom is 0.0712 e. The molecule has 11 aromatic rings. The van der Waals surface area contributed by atoms with Crippen LogP contribution in [0.3, 0.4) is 0 Å². The average molecular weight is 834 g/mol. The van der Waals surface area contributed by atoms with E-state index >= 15 is 0 Å². The second-order valence-corrected chi connectivity index (χ2v) is 18.1. The number of allylic oxidation sites excluding steroid dienone is 3. The molecular weight excluding hydrogens is 791 g/mol. The summed E-state index contributed by atoms with van der Waals surface area (Å²) in [5, 5.41) is 10.3. The quantitative estimate of drug-likeness (QED) is 0.148. The Bertz CT molecular complexity index is 3700. The van der Waals surface area contributed by atoms with Crippen LogP contribution in [0.25, 0.3) is 97.1 Å².